The number of phosphoric acid groups is 1. The topological polar surface area (TPSA) is 164 Å². The van der Waals surface area contributed by atoms with E-state index in [1.165, 1.54) is 28.9 Å². The van der Waals surface area contributed by atoms with Crippen molar-refractivity contribution >= 4 is 31.0 Å². The fraction of sp³-hybridized carbons (Fsp3) is 0.276. The fourth-order valence-corrected chi connectivity index (χ4v) is 5.04. The van der Waals surface area contributed by atoms with Gasteiger partial charge in [0, 0.05) is 12.5 Å². The first-order valence-corrected chi connectivity index (χ1v) is 15.1. The van der Waals surface area contributed by atoms with Crippen molar-refractivity contribution in [2.24, 2.45) is 0 Å². The zero-order valence-electron chi connectivity index (χ0n) is 25.2. The first-order chi connectivity index (χ1) is 22.4. The summed E-state index contributed by atoms with van der Waals surface area (Å²) in [6.07, 6.45) is -0.467. The molecule has 48 heavy (non-hydrogen) atoms. The molecule has 1 amide bonds. The molecule has 1 atom stereocenters. The smallest absolute Gasteiger partial charge is 0.472 e. The van der Waals surface area contributed by atoms with Crippen molar-refractivity contribution in [2.75, 3.05) is 20.3 Å². The number of carbonyl (C=O) groups excluding carboxylic acids is 2. The monoisotopic (exact) mass is 703 g/mol. The number of carboxylic acid groups (broad SMARTS) is 1. The molecule has 0 aliphatic carbocycles. The third kappa shape index (κ3) is 8.20. The highest BCUT2D eigenvalue weighted by Gasteiger charge is 2.40. The van der Waals surface area contributed by atoms with Crippen molar-refractivity contribution in [3.8, 4) is 11.4 Å². The van der Waals surface area contributed by atoms with Gasteiger partial charge in [-0.05, 0) is 48.4 Å². The van der Waals surface area contributed by atoms with Crippen LogP contribution in [0.3, 0.4) is 0 Å². The van der Waals surface area contributed by atoms with Gasteiger partial charge in [0.15, 0.2) is 29.7 Å². The SMILES string of the molecule is COc1cc(C(C)=C2OCC(=O)N3C(c4ccc(F)c(F)c4)=COC[C@H]23)ccc1-n1cc(C)[n+](COP(=O)(O)O)c1.O=C([O-])C(F)(F)F. The zero-order valence-corrected chi connectivity index (χ0v) is 26.1. The van der Waals surface area contributed by atoms with Gasteiger partial charge in [-0.1, -0.05) is 6.07 Å². The van der Waals surface area contributed by atoms with Crippen molar-refractivity contribution in [1.29, 1.82) is 0 Å². The van der Waals surface area contributed by atoms with Crippen LogP contribution in [0.2, 0.25) is 0 Å². The number of methoxy groups -OCH3 is 1. The summed E-state index contributed by atoms with van der Waals surface area (Å²) in [5, 5.41) is 8.78. The summed E-state index contributed by atoms with van der Waals surface area (Å²) in [4.78, 5) is 41.2. The summed E-state index contributed by atoms with van der Waals surface area (Å²) in [6.45, 7) is 3.10. The summed E-state index contributed by atoms with van der Waals surface area (Å²) in [5.41, 5.74) is 3.37. The van der Waals surface area contributed by atoms with Crippen molar-refractivity contribution in [2.45, 2.75) is 32.8 Å². The van der Waals surface area contributed by atoms with Crippen LogP contribution < -0.4 is 14.4 Å². The summed E-state index contributed by atoms with van der Waals surface area (Å²) in [7, 11) is -3.13. The molecule has 3 aromatic rings. The molecule has 5 rings (SSSR count). The van der Waals surface area contributed by atoms with Gasteiger partial charge in [0.1, 0.15) is 42.5 Å². The lowest BCUT2D eigenvalue weighted by molar-refractivity contribution is -0.730. The van der Waals surface area contributed by atoms with Crippen LogP contribution in [-0.2, 0) is 34.9 Å². The number of nitrogens with zero attached hydrogens (tertiary/aromatic N) is 3. The van der Waals surface area contributed by atoms with E-state index in [1.54, 1.807) is 30.1 Å². The highest BCUT2D eigenvalue weighted by atomic mass is 31.2. The maximum Gasteiger partial charge on any atom is 0.472 e. The predicted octanol–water partition coefficient (Wildman–Crippen LogP) is 2.71. The average molecular weight is 704 g/mol. The number of morpholine rings is 1. The van der Waals surface area contributed by atoms with Gasteiger partial charge in [0.2, 0.25) is 6.73 Å². The Morgan fingerprint density at radius 1 is 1.17 bits per heavy atom. The van der Waals surface area contributed by atoms with E-state index in [2.05, 4.69) is 4.52 Å². The van der Waals surface area contributed by atoms with Crippen molar-refractivity contribution in [1.82, 2.24) is 9.47 Å². The van der Waals surface area contributed by atoms with Crippen molar-refractivity contribution in [3.05, 3.63) is 89.4 Å². The minimum absolute atomic E-state index is 0.0974. The predicted molar refractivity (Wildman–Crippen MR) is 151 cm³/mol. The maximum absolute atomic E-state index is 14.0. The number of allylic oxidation sites excluding steroid dienone is 1. The standard InChI is InChI=1S/C27H26F2N3O8P.C2HF3O2/c1-16-10-30(14-31(16)15-40-41(34,35)36)22-7-5-18(9-25(22)37-3)17(2)27-24-12-38-11-23(32(24)26(33)13-39-27)19-4-6-20(28)21(29)8-19;3-2(4,5)1(6)7/h4-11,14,24H,12-13,15H2,1-3H3,(H-,34,35,36);(H,6,7)/t24-;/m1./s1. The van der Waals surface area contributed by atoms with Gasteiger partial charge in [0.05, 0.1) is 12.8 Å². The van der Waals surface area contributed by atoms with Crippen LogP contribution in [0.4, 0.5) is 22.0 Å². The van der Waals surface area contributed by atoms with Gasteiger partial charge in [0.25, 0.3) is 12.2 Å². The molecular formula is C29H27F5N3O10P. The quantitative estimate of drug-likeness (QED) is 0.213. The number of ether oxygens (including phenoxy) is 3. The molecule has 0 saturated carbocycles. The van der Waals surface area contributed by atoms with Gasteiger partial charge in [-0.2, -0.15) is 17.7 Å². The van der Waals surface area contributed by atoms with E-state index in [4.69, 9.17) is 33.9 Å². The number of amides is 1. The van der Waals surface area contributed by atoms with Crippen LogP contribution in [0.25, 0.3) is 17.0 Å². The molecule has 2 N–H and O–H groups in total. The molecule has 0 unspecified atom stereocenters. The molecule has 2 aromatic carbocycles. The molecule has 0 bridgehead atoms. The van der Waals surface area contributed by atoms with Crippen LogP contribution in [0, 0.1) is 18.6 Å². The van der Waals surface area contributed by atoms with E-state index >= 15 is 0 Å². The van der Waals surface area contributed by atoms with Crippen molar-refractivity contribution in [3.63, 3.8) is 0 Å². The van der Waals surface area contributed by atoms with Crippen molar-refractivity contribution < 1.29 is 74.3 Å². The average Bonchev–Trinajstić information content (AvgIpc) is 3.40. The zero-order chi connectivity index (χ0) is 35.6. The van der Waals surface area contributed by atoms with E-state index in [9.17, 15) is 31.3 Å². The third-order valence-corrected chi connectivity index (χ3v) is 7.51. The van der Waals surface area contributed by atoms with E-state index in [1.807, 2.05) is 19.1 Å². The number of imidazole rings is 1. The van der Waals surface area contributed by atoms with Crippen LogP contribution in [0.1, 0.15) is 23.7 Å². The van der Waals surface area contributed by atoms with Crippen LogP contribution in [0.15, 0.2) is 60.9 Å². The minimum Gasteiger partial charge on any atom is -0.542 e. The van der Waals surface area contributed by atoms with Crippen LogP contribution >= 0.6 is 7.82 Å². The number of halogens is 5. The van der Waals surface area contributed by atoms with Gasteiger partial charge in [-0.25, -0.2) is 22.4 Å². The number of fused-ring (bicyclic) bond motifs is 1. The second kappa shape index (κ2) is 14.1. The van der Waals surface area contributed by atoms with E-state index < -0.39 is 37.6 Å². The maximum atomic E-state index is 14.0. The molecule has 3 heterocycles. The Labute approximate surface area is 268 Å². The number of aromatic nitrogens is 2. The molecule has 258 valence electrons. The number of carbonyl (C=O) groups is 2. The lowest BCUT2D eigenvalue weighted by Crippen LogP contribution is -2.51. The fourth-order valence-electron chi connectivity index (χ4n) is 4.77. The molecule has 0 radical (unpaired) electrons. The lowest BCUT2D eigenvalue weighted by Gasteiger charge is -2.41. The number of benzene rings is 2. The number of alkyl halides is 3. The Morgan fingerprint density at radius 2 is 1.85 bits per heavy atom. The van der Waals surface area contributed by atoms with Crippen LogP contribution in [0.5, 0.6) is 5.75 Å². The number of rotatable bonds is 7. The summed E-state index contributed by atoms with van der Waals surface area (Å²) >= 11 is 0. The molecule has 19 heteroatoms. The first-order valence-electron chi connectivity index (χ1n) is 13.6. The minimum atomic E-state index is -5.19. The Balaban J connectivity index is 0.000000671. The Bertz CT molecular complexity index is 1840. The lowest BCUT2D eigenvalue weighted by atomic mass is 9.98. The molecule has 1 aromatic heterocycles. The molecule has 13 nitrogen and oxygen atoms in total. The summed E-state index contributed by atoms with van der Waals surface area (Å²) in [6, 6.07) is 8.19. The third-order valence-electron chi connectivity index (χ3n) is 7.06. The number of aliphatic carboxylic acids is 1. The molecule has 2 aliphatic heterocycles. The summed E-state index contributed by atoms with van der Waals surface area (Å²) in [5.74, 6) is -4.42. The largest absolute Gasteiger partial charge is 0.542 e. The molecular weight excluding hydrogens is 676 g/mol. The molecule has 2 aliphatic rings. The molecule has 1 saturated heterocycles. The Morgan fingerprint density at radius 3 is 2.46 bits per heavy atom. The van der Waals surface area contributed by atoms with Gasteiger partial charge >= 0.3 is 14.0 Å². The Kier molecular flexibility index (Phi) is 10.6. The van der Waals surface area contributed by atoms with Gasteiger partial charge in [-0.3, -0.25) is 9.69 Å². The first kappa shape index (κ1) is 36.1. The van der Waals surface area contributed by atoms with Crippen LogP contribution in [-0.4, -0.2) is 63.7 Å². The van der Waals surface area contributed by atoms with Gasteiger partial charge < -0.3 is 33.9 Å². The number of hydrogen-bond acceptors (Lipinski definition) is 8. The van der Waals surface area contributed by atoms with E-state index in [0.717, 1.165) is 17.7 Å². The Hall–Kier alpha value is -4.77. The summed E-state index contributed by atoms with van der Waals surface area (Å²) < 4.78 is 95.2. The number of hydrogen-bond donors (Lipinski definition) is 2. The normalized spacial score (nSPS) is 17.3. The number of phosphoric ester groups is 1. The highest BCUT2D eigenvalue weighted by Crippen LogP contribution is 2.38. The number of aryl methyl sites for hydroxylation is 1. The molecule has 0 spiro atoms. The second-order valence-corrected chi connectivity index (χ2v) is 11.4. The highest BCUT2D eigenvalue weighted by molar-refractivity contribution is 7.46. The molecule has 1 fully saturated rings. The van der Waals surface area contributed by atoms with Gasteiger partial charge in [-0.15, -0.1) is 0 Å². The van der Waals surface area contributed by atoms with E-state index in [-0.39, 0.29) is 31.4 Å². The number of carboxylic acids is 1. The van der Waals surface area contributed by atoms with E-state index in [0.29, 0.717) is 34.2 Å². The second-order valence-electron chi connectivity index (χ2n) is 10.2.